The zero-order valence-corrected chi connectivity index (χ0v) is 28.7. The summed E-state index contributed by atoms with van der Waals surface area (Å²) in [5, 5.41) is -0.314. The Hall–Kier alpha value is 0.620. The Balaban J connectivity index is 0.00000408. The van der Waals surface area contributed by atoms with E-state index < -0.39 is 58.3 Å². The van der Waals surface area contributed by atoms with E-state index in [1.165, 1.54) is 36.4 Å². The first kappa shape index (κ1) is 36.6. The molecule has 0 aliphatic rings. The molecule has 0 saturated heterocycles. The summed E-state index contributed by atoms with van der Waals surface area (Å²) in [7, 11) is -18.7. The van der Waals surface area contributed by atoms with Gasteiger partial charge in [0.25, 0.3) is 0 Å². The van der Waals surface area contributed by atoms with Crippen LogP contribution in [0.25, 0.3) is 0 Å². The van der Waals surface area contributed by atoms with Crippen LogP contribution in [-0.2, 0) is 41.1 Å². The van der Waals surface area contributed by atoms with Crippen molar-refractivity contribution in [1.29, 1.82) is 0 Å². The Bertz CT molecular complexity index is 1530. The van der Waals surface area contributed by atoms with E-state index >= 15 is 0 Å². The largest absolute Gasteiger partial charge is 1.00 e. The van der Waals surface area contributed by atoms with Gasteiger partial charge in [-0.05, 0) is 42.0 Å². The van der Waals surface area contributed by atoms with Crippen molar-refractivity contribution >= 4 is 48.1 Å². The molecule has 0 aliphatic heterocycles. The molecule has 0 radical (unpaired) electrons. The molecule has 0 aliphatic carbocycles. The molecular weight excluding hydrogens is 584 g/mol. The topological polar surface area (TPSA) is 189 Å². The van der Waals surface area contributed by atoms with Crippen LogP contribution in [0, 0.1) is 0 Å². The van der Waals surface area contributed by atoms with Crippen molar-refractivity contribution in [3.05, 3.63) is 78.4 Å². The van der Waals surface area contributed by atoms with Crippen molar-refractivity contribution in [1.82, 2.24) is 0 Å². The summed E-state index contributed by atoms with van der Waals surface area (Å²) in [6.45, 7) is 0. The molecule has 0 N–H and O–H groups in total. The van der Waals surface area contributed by atoms with Gasteiger partial charge in [0.2, 0.25) is 0 Å². The van der Waals surface area contributed by atoms with Crippen LogP contribution in [0.1, 0.15) is 5.56 Å². The minimum absolute atomic E-state index is 0. The predicted octanol–water partition coefficient (Wildman–Crippen LogP) is -8.08. The van der Waals surface area contributed by atoms with Crippen LogP contribution in [0.15, 0.2) is 87.5 Å². The summed E-state index contributed by atoms with van der Waals surface area (Å²) >= 11 is 0. The Morgan fingerprint density at radius 2 is 0.889 bits per heavy atom. The Morgan fingerprint density at radius 1 is 0.556 bits per heavy atom. The molecule has 0 spiro atoms. The Kier molecular flexibility index (Phi) is 14.0. The molecule has 3 rings (SSSR count). The first-order chi connectivity index (χ1) is 15.1. The van der Waals surface area contributed by atoms with E-state index in [1.807, 2.05) is 0 Å². The van der Waals surface area contributed by atoms with Crippen LogP contribution in [0.2, 0.25) is 0 Å². The van der Waals surface area contributed by atoms with Gasteiger partial charge in [0.15, 0.2) is 0 Å². The van der Waals surface area contributed by atoms with Gasteiger partial charge in [-0.25, -0.2) is 25.3 Å². The molecule has 0 saturated carbocycles. The molecule has 3 aromatic rings. The summed E-state index contributed by atoms with van der Waals surface area (Å²) in [4.78, 5) is -1.98. The molecule has 36 heavy (non-hydrogen) atoms. The van der Waals surface area contributed by atoms with Crippen molar-refractivity contribution in [3.8, 4) is 0 Å². The number of rotatable bonds is 7. The quantitative estimate of drug-likeness (QED) is 0.144. The molecule has 17 heteroatoms. The van der Waals surface area contributed by atoms with Gasteiger partial charge in [-0.2, -0.15) is 0 Å². The van der Waals surface area contributed by atoms with Crippen LogP contribution < -0.4 is 99.3 Å². The fraction of sp³-hybridized carbons (Fsp3) is 0.0526. The van der Waals surface area contributed by atoms with Crippen molar-refractivity contribution in [2.75, 3.05) is 0 Å². The number of hydrogen-bond donors (Lipinski definition) is 0. The van der Waals surface area contributed by atoms with Gasteiger partial charge in [-0.3, -0.25) is 0 Å². The summed E-state index contributed by atoms with van der Waals surface area (Å²) in [6.07, 6.45) is -0.471. The van der Waals surface area contributed by atoms with Crippen LogP contribution in [0.3, 0.4) is 0 Å². The molecule has 176 valence electrons. The smallest absolute Gasteiger partial charge is 0.744 e. The first-order valence-corrected chi connectivity index (χ1v) is 15.0. The maximum absolute atomic E-state index is 14.3. The van der Waals surface area contributed by atoms with Gasteiger partial charge in [-0.1, -0.05) is 36.4 Å². The monoisotopic (exact) mass is 598 g/mol. The molecule has 0 fully saturated rings. The predicted molar refractivity (Wildman–Crippen MR) is 114 cm³/mol. The van der Waals surface area contributed by atoms with Crippen LogP contribution in [-0.4, -0.2) is 38.9 Å². The summed E-state index contributed by atoms with van der Waals surface area (Å²) < 4.78 is 117. The molecule has 0 amide bonds. The minimum atomic E-state index is -4.94. The molecule has 10 nitrogen and oxygen atoms in total. The van der Waals surface area contributed by atoms with Crippen LogP contribution >= 0.6 is 7.14 Å². The molecular formula is C19H14Na3O10PS3. The zero-order valence-electron chi connectivity index (χ0n) is 19.4. The third kappa shape index (κ3) is 9.09. The summed E-state index contributed by atoms with van der Waals surface area (Å²) in [5.41, 5.74) is 0.0982. The third-order valence-corrected chi connectivity index (χ3v) is 10.2. The van der Waals surface area contributed by atoms with Crippen LogP contribution in [0.4, 0.5) is 0 Å². The van der Waals surface area contributed by atoms with Gasteiger partial charge in [0, 0.05) is 16.8 Å². The van der Waals surface area contributed by atoms with E-state index in [0.717, 1.165) is 36.4 Å². The van der Waals surface area contributed by atoms with Gasteiger partial charge in [0.05, 0.1) is 14.7 Å². The molecule has 0 aromatic heterocycles. The van der Waals surface area contributed by atoms with Crippen molar-refractivity contribution in [3.63, 3.8) is 0 Å². The second-order valence-corrected chi connectivity index (χ2v) is 13.9. The molecule has 0 heterocycles. The van der Waals surface area contributed by atoms with E-state index in [2.05, 4.69) is 0 Å². The fourth-order valence-corrected chi connectivity index (χ4v) is 7.59. The zero-order chi connectivity index (χ0) is 24.7. The average Bonchev–Trinajstić information content (AvgIpc) is 2.72. The SMILES string of the molecule is O=P(Cc1cccc(S(=O)(=O)[O-])c1)(c1cccc(S(=O)(=O)[O-])c1)c1cccc(S(=O)(=O)[O-])c1.[Na+].[Na+].[Na+]. The van der Waals surface area contributed by atoms with Gasteiger partial charge < -0.3 is 18.2 Å². The second-order valence-electron chi connectivity index (χ2n) is 6.90. The second kappa shape index (κ2) is 13.8. The van der Waals surface area contributed by atoms with E-state index in [4.69, 9.17) is 0 Å². The minimum Gasteiger partial charge on any atom is -0.744 e. The molecule has 0 unspecified atom stereocenters. The molecule has 3 aromatic carbocycles. The van der Waals surface area contributed by atoms with Crippen LogP contribution in [0.5, 0.6) is 0 Å². The van der Waals surface area contributed by atoms with E-state index in [-0.39, 0.29) is 105 Å². The average molecular weight is 598 g/mol. The molecule has 0 atom stereocenters. The normalized spacial score (nSPS) is 12.0. The third-order valence-electron chi connectivity index (χ3n) is 4.64. The maximum Gasteiger partial charge on any atom is 1.00 e. The van der Waals surface area contributed by atoms with Gasteiger partial charge in [0.1, 0.15) is 37.5 Å². The number of benzene rings is 3. The van der Waals surface area contributed by atoms with Gasteiger partial charge >= 0.3 is 88.7 Å². The number of hydrogen-bond acceptors (Lipinski definition) is 10. The van der Waals surface area contributed by atoms with E-state index in [1.54, 1.807) is 0 Å². The van der Waals surface area contributed by atoms with E-state index in [0.29, 0.717) is 0 Å². The van der Waals surface area contributed by atoms with Crippen molar-refractivity contribution in [2.45, 2.75) is 20.8 Å². The van der Waals surface area contributed by atoms with Crippen molar-refractivity contribution < 1.29 is 132 Å². The van der Waals surface area contributed by atoms with Gasteiger partial charge in [-0.15, -0.1) is 0 Å². The van der Waals surface area contributed by atoms with E-state index in [9.17, 15) is 43.5 Å². The van der Waals surface area contributed by atoms with Crippen molar-refractivity contribution in [2.24, 2.45) is 0 Å². The summed E-state index contributed by atoms with van der Waals surface area (Å²) in [6, 6.07) is 13.2. The fourth-order valence-electron chi connectivity index (χ4n) is 3.12. The molecule has 0 bridgehead atoms. The Labute approximate surface area is 275 Å². The summed E-state index contributed by atoms with van der Waals surface area (Å²) in [5.74, 6) is 0. The Morgan fingerprint density at radius 3 is 1.25 bits per heavy atom. The standard InChI is InChI=1S/C19H17O10PS3.3Na/c20-30(15-5-2-8-18(11-15)32(24,25)26,16-6-3-9-19(12-16)33(27,28)29)13-14-4-1-7-17(10-14)31(21,22)23;;;/h1-12H,13H2,(H,21,22,23)(H,24,25,26)(H,27,28,29);;;/q;3*+1/p-3. The maximum atomic E-state index is 14.3. The first-order valence-electron chi connectivity index (χ1n) is 8.88.